The van der Waals surface area contributed by atoms with Crippen LogP contribution >= 0.6 is 11.6 Å². The van der Waals surface area contributed by atoms with Gasteiger partial charge in [-0.05, 0) is 37.1 Å². The highest BCUT2D eigenvalue weighted by Gasteiger charge is 2.30. The number of nitrogens with two attached hydrogens (primary N) is 1. The van der Waals surface area contributed by atoms with Gasteiger partial charge in [-0.3, -0.25) is 0 Å². The summed E-state index contributed by atoms with van der Waals surface area (Å²) in [5.74, 6) is 0. The first-order chi connectivity index (χ1) is 7.63. The quantitative estimate of drug-likeness (QED) is 0.826. The molecule has 4 heteroatoms. The predicted octanol–water partition coefficient (Wildman–Crippen LogP) is 1.63. The van der Waals surface area contributed by atoms with Crippen LogP contribution in [0.1, 0.15) is 12.8 Å². The van der Waals surface area contributed by atoms with E-state index in [-0.39, 0.29) is 6.61 Å². The molecular weight excluding hydrogens is 224 g/mol. The van der Waals surface area contributed by atoms with Gasteiger partial charge in [-0.2, -0.15) is 0 Å². The fraction of sp³-hybridized carbons (Fsp3) is 0.500. The first-order valence-corrected chi connectivity index (χ1v) is 5.91. The van der Waals surface area contributed by atoms with Gasteiger partial charge in [0, 0.05) is 23.8 Å². The Labute approximate surface area is 101 Å². The highest BCUT2D eigenvalue weighted by molar-refractivity contribution is 6.30. The van der Waals surface area contributed by atoms with Gasteiger partial charge in [0.05, 0.1) is 12.1 Å². The number of nitrogens with zero attached hydrogens (tertiary/aromatic N) is 1. The topological polar surface area (TPSA) is 49.5 Å². The Hall–Kier alpha value is -0.770. The van der Waals surface area contributed by atoms with E-state index in [1.165, 1.54) is 0 Å². The van der Waals surface area contributed by atoms with Crippen molar-refractivity contribution in [2.24, 2.45) is 5.73 Å². The SMILES string of the molecule is NC1(CO)CCCN(c2ccc(Cl)cc2)C1. The summed E-state index contributed by atoms with van der Waals surface area (Å²) in [4.78, 5) is 2.20. The fourth-order valence-corrected chi connectivity index (χ4v) is 2.29. The number of benzene rings is 1. The van der Waals surface area contributed by atoms with Crippen molar-refractivity contribution < 1.29 is 5.11 Å². The molecule has 3 N–H and O–H groups in total. The van der Waals surface area contributed by atoms with Gasteiger partial charge in [0.1, 0.15) is 0 Å². The van der Waals surface area contributed by atoms with Crippen molar-refractivity contribution in [2.75, 3.05) is 24.6 Å². The second kappa shape index (κ2) is 4.62. The van der Waals surface area contributed by atoms with E-state index < -0.39 is 5.54 Å². The second-order valence-corrected chi connectivity index (χ2v) is 4.96. The lowest BCUT2D eigenvalue weighted by Gasteiger charge is -2.40. The molecule has 1 unspecified atom stereocenters. The first-order valence-electron chi connectivity index (χ1n) is 5.53. The normalized spacial score (nSPS) is 25.8. The third kappa shape index (κ3) is 2.48. The van der Waals surface area contributed by atoms with Crippen LogP contribution in [0.5, 0.6) is 0 Å². The Morgan fingerprint density at radius 2 is 2.06 bits per heavy atom. The molecule has 0 aromatic heterocycles. The number of aliphatic hydroxyl groups is 1. The van der Waals surface area contributed by atoms with Crippen molar-refractivity contribution in [2.45, 2.75) is 18.4 Å². The van der Waals surface area contributed by atoms with E-state index in [4.69, 9.17) is 17.3 Å². The minimum absolute atomic E-state index is 0.0388. The average Bonchev–Trinajstić information content (AvgIpc) is 2.30. The monoisotopic (exact) mass is 240 g/mol. The zero-order valence-corrected chi connectivity index (χ0v) is 9.95. The average molecular weight is 241 g/mol. The molecule has 0 radical (unpaired) electrons. The lowest BCUT2D eigenvalue weighted by atomic mass is 9.91. The van der Waals surface area contributed by atoms with Gasteiger partial charge in [-0.25, -0.2) is 0 Å². The number of hydrogen-bond acceptors (Lipinski definition) is 3. The highest BCUT2D eigenvalue weighted by Crippen LogP contribution is 2.25. The summed E-state index contributed by atoms with van der Waals surface area (Å²) in [5, 5.41) is 10.0. The van der Waals surface area contributed by atoms with Crippen LogP contribution in [-0.4, -0.2) is 30.3 Å². The molecule has 0 spiro atoms. The van der Waals surface area contributed by atoms with Crippen molar-refractivity contribution in [1.82, 2.24) is 0 Å². The molecule has 1 atom stereocenters. The van der Waals surface area contributed by atoms with Crippen LogP contribution in [0.15, 0.2) is 24.3 Å². The van der Waals surface area contributed by atoms with E-state index in [0.29, 0.717) is 6.54 Å². The van der Waals surface area contributed by atoms with Gasteiger partial charge < -0.3 is 15.7 Å². The summed E-state index contributed by atoms with van der Waals surface area (Å²) in [6.45, 7) is 1.73. The molecule has 0 aliphatic carbocycles. The molecule has 0 bridgehead atoms. The molecule has 2 rings (SSSR count). The van der Waals surface area contributed by atoms with Crippen molar-refractivity contribution >= 4 is 17.3 Å². The molecule has 16 heavy (non-hydrogen) atoms. The molecule has 88 valence electrons. The third-order valence-corrected chi connectivity index (χ3v) is 3.37. The molecule has 1 saturated heterocycles. The smallest absolute Gasteiger partial charge is 0.0628 e. The molecule has 0 amide bonds. The van der Waals surface area contributed by atoms with Crippen molar-refractivity contribution in [3.05, 3.63) is 29.3 Å². The highest BCUT2D eigenvalue weighted by atomic mass is 35.5. The van der Waals surface area contributed by atoms with Crippen LogP contribution < -0.4 is 10.6 Å². The molecule has 1 aromatic rings. The van der Waals surface area contributed by atoms with Crippen molar-refractivity contribution in [3.63, 3.8) is 0 Å². The summed E-state index contributed by atoms with van der Waals surface area (Å²) in [6.07, 6.45) is 1.90. The maximum Gasteiger partial charge on any atom is 0.0628 e. The zero-order chi connectivity index (χ0) is 11.6. The number of hydrogen-bond donors (Lipinski definition) is 2. The van der Waals surface area contributed by atoms with Crippen LogP contribution in [-0.2, 0) is 0 Å². The summed E-state index contributed by atoms with van der Waals surface area (Å²) in [6, 6.07) is 7.74. The summed E-state index contributed by atoms with van der Waals surface area (Å²) < 4.78 is 0. The number of halogens is 1. The largest absolute Gasteiger partial charge is 0.394 e. The van der Waals surface area contributed by atoms with E-state index in [9.17, 15) is 5.11 Å². The van der Waals surface area contributed by atoms with Gasteiger partial charge in [-0.1, -0.05) is 11.6 Å². The van der Waals surface area contributed by atoms with E-state index >= 15 is 0 Å². The molecule has 1 aliphatic heterocycles. The predicted molar refractivity (Wildman–Crippen MR) is 66.9 cm³/mol. The molecule has 1 fully saturated rings. The Morgan fingerprint density at radius 3 is 2.69 bits per heavy atom. The standard InChI is InChI=1S/C12H17ClN2O/c13-10-2-4-11(5-3-10)15-7-1-6-12(14,8-15)9-16/h2-5,16H,1,6-9,14H2. The minimum Gasteiger partial charge on any atom is -0.394 e. The van der Waals surface area contributed by atoms with Gasteiger partial charge in [0.2, 0.25) is 0 Å². The summed E-state index contributed by atoms with van der Waals surface area (Å²) in [5.41, 5.74) is 6.76. The van der Waals surface area contributed by atoms with Crippen LogP contribution in [0.3, 0.4) is 0 Å². The van der Waals surface area contributed by atoms with E-state index in [1.807, 2.05) is 24.3 Å². The number of anilines is 1. The maximum absolute atomic E-state index is 9.29. The van der Waals surface area contributed by atoms with E-state index in [0.717, 1.165) is 30.1 Å². The molecule has 1 aromatic carbocycles. The second-order valence-electron chi connectivity index (χ2n) is 4.52. The Balaban J connectivity index is 2.12. The number of aliphatic hydroxyl groups excluding tert-OH is 1. The summed E-state index contributed by atoms with van der Waals surface area (Å²) in [7, 11) is 0. The number of rotatable bonds is 2. The maximum atomic E-state index is 9.29. The lowest BCUT2D eigenvalue weighted by molar-refractivity contribution is 0.177. The Kier molecular flexibility index (Phi) is 3.38. The van der Waals surface area contributed by atoms with Gasteiger partial charge in [0.25, 0.3) is 0 Å². The van der Waals surface area contributed by atoms with Crippen LogP contribution in [0.2, 0.25) is 5.02 Å². The minimum atomic E-state index is -0.460. The van der Waals surface area contributed by atoms with Crippen LogP contribution in [0.4, 0.5) is 5.69 Å². The molecule has 3 nitrogen and oxygen atoms in total. The van der Waals surface area contributed by atoms with Crippen LogP contribution in [0.25, 0.3) is 0 Å². The van der Waals surface area contributed by atoms with E-state index in [1.54, 1.807) is 0 Å². The summed E-state index contributed by atoms with van der Waals surface area (Å²) >= 11 is 5.85. The molecule has 1 heterocycles. The zero-order valence-electron chi connectivity index (χ0n) is 9.19. The van der Waals surface area contributed by atoms with E-state index in [2.05, 4.69) is 4.90 Å². The molecule has 1 aliphatic rings. The Bertz CT molecular complexity index is 355. The van der Waals surface area contributed by atoms with Crippen molar-refractivity contribution in [3.8, 4) is 0 Å². The lowest BCUT2D eigenvalue weighted by Crippen LogP contribution is -2.56. The fourth-order valence-electron chi connectivity index (χ4n) is 2.16. The first kappa shape index (κ1) is 11.7. The Morgan fingerprint density at radius 1 is 1.38 bits per heavy atom. The van der Waals surface area contributed by atoms with Crippen molar-refractivity contribution in [1.29, 1.82) is 0 Å². The number of piperidine rings is 1. The van der Waals surface area contributed by atoms with Gasteiger partial charge in [0.15, 0.2) is 0 Å². The van der Waals surface area contributed by atoms with Gasteiger partial charge >= 0.3 is 0 Å². The van der Waals surface area contributed by atoms with Crippen LogP contribution in [0, 0.1) is 0 Å². The molecular formula is C12H17ClN2O. The molecule has 0 saturated carbocycles. The third-order valence-electron chi connectivity index (χ3n) is 3.12. The van der Waals surface area contributed by atoms with Gasteiger partial charge in [-0.15, -0.1) is 0 Å².